The Morgan fingerprint density at radius 1 is 1.29 bits per heavy atom. The molecule has 3 nitrogen and oxygen atoms in total. The highest BCUT2D eigenvalue weighted by Crippen LogP contribution is 2.33. The Morgan fingerprint density at radius 3 is 2.47 bits per heavy atom. The Kier molecular flexibility index (Phi) is 3.08. The van der Waals surface area contributed by atoms with Crippen LogP contribution in [-0.2, 0) is 16.1 Å². The van der Waals surface area contributed by atoms with Gasteiger partial charge >= 0.3 is 0 Å². The first-order valence-electron chi connectivity index (χ1n) is 5.50. The second-order valence-electron chi connectivity index (χ2n) is 4.94. The fourth-order valence-corrected chi connectivity index (χ4v) is 2.39. The molecule has 1 heterocycles. The number of carbonyl (C=O) groups excluding carboxylic acids is 2. The van der Waals surface area contributed by atoms with Crippen LogP contribution in [-0.4, -0.2) is 16.7 Å². The molecule has 1 saturated heterocycles. The van der Waals surface area contributed by atoms with Gasteiger partial charge in [-0.05, 0) is 11.6 Å². The summed E-state index contributed by atoms with van der Waals surface area (Å²) in [6, 6.07) is 7.63. The van der Waals surface area contributed by atoms with Crippen molar-refractivity contribution in [2.45, 2.75) is 26.8 Å². The van der Waals surface area contributed by atoms with Crippen molar-refractivity contribution < 1.29 is 9.59 Å². The van der Waals surface area contributed by atoms with Crippen molar-refractivity contribution in [3.8, 4) is 0 Å². The second kappa shape index (κ2) is 4.26. The molecule has 0 radical (unpaired) electrons. The zero-order chi connectivity index (χ0) is 12.6. The average molecular weight is 296 g/mol. The summed E-state index contributed by atoms with van der Waals surface area (Å²) in [7, 11) is 0. The van der Waals surface area contributed by atoms with E-state index in [1.165, 1.54) is 4.90 Å². The average Bonchev–Trinajstić information content (AvgIpc) is 2.43. The van der Waals surface area contributed by atoms with Crippen molar-refractivity contribution in [3.63, 3.8) is 0 Å². The smallest absolute Gasteiger partial charge is 0.235 e. The third-order valence-electron chi connectivity index (χ3n) is 3.00. The van der Waals surface area contributed by atoms with Gasteiger partial charge in [-0.3, -0.25) is 14.5 Å². The van der Waals surface area contributed by atoms with Crippen LogP contribution in [0.25, 0.3) is 0 Å². The van der Waals surface area contributed by atoms with Crippen molar-refractivity contribution in [1.82, 2.24) is 4.90 Å². The molecule has 2 rings (SSSR count). The van der Waals surface area contributed by atoms with Gasteiger partial charge in [0.25, 0.3) is 0 Å². The van der Waals surface area contributed by atoms with Crippen molar-refractivity contribution in [1.29, 1.82) is 0 Å². The van der Waals surface area contributed by atoms with Crippen LogP contribution in [0.4, 0.5) is 0 Å². The molecule has 0 N–H and O–H groups in total. The van der Waals surface area contributed by atoms with Crippen molar-refractivity contribution in [2.75, 3.05) is 0 Å². The number of hydrogen-bond acceptors (Lipinski definition) is 2. The minimum atomic E-state index is -0.557. The minimum Gasteiger partial charge on any atom is -0.278 e. The van der Waals surface area contributed by atoms with Crippen molar-refractivity contribution in [2.24, 2.45) is 5.41 Å². The standard InChI is InChI=1S/C13H14BrNO2/c1-13(2)7-11(16)15(12(13)17)8-9-5-3-4-6-10(9)14/h3-6H,7-8H2,1-2H3. The summed E-state index contributed by atoms with van der Waals surface area (Å²) in [5.41, 5.74) is 0.394. The fourth-order valence-electron chi connectivity index (χ4n) is 1.98. The zero-order valence-electron chi connectivity index (χ0n) is 9.87. The lowest BCUT2D eigenvalue weighted by molar-refractivity contribution is -0.141. The van der Waals surface area contributed by atoms with Crippen molar-refractivity contribution in [3.05, 3.63) is 34.3 Å². The number of benzene rings is 1. The van der Waals surface area contributed by atoms with Gasteiger partial charge in [0.05, 0.1) is 12.0 Å². The quantitative estimate of drug-likeness (QED) is 0.787. The molecule has 1 fully saturated rings. The molecule has 1 aromatic rings. The molecule has 1 aromatic carbocycles. The van der Waals surface area contributed by atoms with E-state index >= 15 is 0 Å². The molecular formula is C13H14BrNO2. The molecule has 1 aliphatic rings. The Hall–Kier alpha value is -1.16. The number of hydrogen-bond donors (Lipinski definition) is 0. The van der Waals surface area contributed by atoms with Gasteiger partial charge in [0.2, 0.25) is 11.8 Å². The van der Waals surface area contributed by atoms with Crippen LogP contribution in [0.2, 0.25) is 0 Å². The molecular weight excluding hydrogens is 282 g/mol. The van der Waals surface area contributed by atoms with E-state index in [-0.39, 0.29) is 11.8 Å². The van der Waals surface area contributed by atoms with Gasteiger partial charge in [-0.1, -0.05) is 48.0 Å². The maximum atomic E-state index is 12.0. The molecule has 2 amide bonds. The SMILES string of the molecule is CC1(C)CC(=O)N(Cc2ccccc2Br)C1=O. The second-order valence-corrected chi connectivity index (χ2v) is 5.79. The van der Waals surface area contributed by atoms with Gasteiger partial charge in [0.1, 0.15) is 0 Å². The first kappa shape index (κ1) is 12.3. The van der Waals surface area contributed by atoms with Crippen LogP contribution >= 0.6 is 15.9 Å². The number of halogens is 1. The highest BCUT2D eigenvalue weighted by molar-refractivity contribution is 9.10. The summed E-state index contributed by atoms with van der Waals surface area (Å²) in [5, 5.41) is 0. The van der Waals surface area contributed by atoms with E-state index in [0.717, 1.165) is 10.0 Å². The number of rotatable bonds is 2. The van der Waals surface area contributed by atoms with Crippen LogP contribution in [0.5, 0.6) is 0 Å². The molecule has 0 bridgehead atoms. The van der Waals surface area contributed by atoms with E-state index in [0.29, 0.717) is 13.0 Å². The molecule has 0 aliphatic carbocycles. The fraction of sp³-hybridized carbons (Fsp3) is 0.385. The first-order valence-corrected chi connectivity index (χ1v) is 6.29. The van der Waals surface area contributed by atoms with E-state index < -0.39 is 5.41 Å². The molecule has 0 atom stereocenters. The van der Waals surface area contributed by atoms with Crippen LogP contribution in [0.15, 0.2) is 28.7 Å². The van der Waals surface area contributed by atoms with E-state index in [1.807, 2.05) is 38.1 Å². The predicted octanol–water partition coefficient (Wildman–Crippen LogP) is 2.73. The van der Waals surface area contributed by atoms with Crippen LogP contribution in [0, 0.1) is 5.41 Å². The van der Waals surface area contributed by atoms with E-state index in [2.05, 4.69) is 15.9 Å². The number of nitrogens with zero attached hydrogens (tertiary/aromatic N) is 1. The Labute approximate surface area is 109 Å². The van der Waals surface area contributed by atoms with E-state index in [9.17, 15) is 9.59 Å². The Bertz CT molecular complexity index is 482. The predicted molar refractivity (Wildman–Crippen MR) is 68.1 cm³/mol. The summed E-state index contributed by atoms with van der Waals surface area (Å²) in [6.45, 7) is 3.98. The Morgan fingerprint density at radius 2 is 1.94 bits per heavy atom. The molecule has 0 unspecified atom stereocenters. The summed E-state index contributed by atoms with van der Waals surface area (Å²) < 4.78 is 0.922. The van der Waals surface area contributed by atoms with Gasteiger partial charge in [0.15, 0.2) is 0 Å². The summed E-state index contributed by atoms with van der Waals surface area (Å²) in [4.78, 5) is 25.2. The van der Waals surface area contributed by atoms with Crippen molar-refractivity contribution >= 4 is 27.7 Å². The first-order chi connectivity index (χ1) is 7.92. The highest BCUT2D eigenvalue weighted by atomic mass is 79.9. The van der Waals surface area contributed by atoms with Gasteiger partial charge in [-0.2, -0.15) is 0 Å². The van der Waals surface area contributed by atoms with Gasteiger partial charge in [-0.25, -0.2) is 0 Å². The molecule has 1 aliphatic heterocycles. The third kappa shape index (κ3) is 2.27. The monoisotopic (exact) mass is 295 g/mol. The molecule has 0 aromatic heterocycles. The number of imide groups is 1. The normalized spacial score (nSPS) is 18.9. The highest BCUT2D eigenvalue weighted by Gasteiger charge is 2.44. The lowest BCUT2D eigenvalue weighted by Gasteiger charge is -2.18. The zero-order valence-corrected chi connectivity index (χ0v) is 11.5. The summed E-state index contributed by atoms with van der Waals surface area (Å²) >= 11 is 3.42. The van der Waals surface area contributed by atoms with Crippen LogP contribution in [0.3, 0.4) is 0 Å². The lowest BCUT2D eigenvalue weighted by Crippen LogP contribution is -2.32. The van der Waals surface area contributed by atoms with Gasteiger partial charge in [-0.15, -0.1) is 0 Å². The van der Waals surface area contributed by atoms with Gasteiger partial charge < -0.3 is 0 Å². The van der Waals surface area contributed by atoms with E-state index in [1.54, 1.807) is 0 Å². The molecule has 90 valence electrons. The van der Waals surface area contributed by atoms with Gasteiger partial charge in [0, 0.05) is 10.9 Å². The number of carbonyl (C=O) groups is 2. The maximum absolute atomic E-state index is 12.0. The summed E-state index contributed by atoms with van der Waals surface area (Å²) in [6.07, 6.45) is 0.302. The Balaban J connectivity index is 2.23. The summed E-state index contributed by atoms with van der Waals surface area (Å²) in [5.74, 6) is -0.172. The molecule has 0 saturated carbocycles. The third-order valence-corrected chi connectivity index (χ3v) is 3.78. The molecule has 4 heteroatoms. The largest absolute Gasteiger partial charge is 0.278 e. The number of likely N-dealkylation sites (tertiary alicyclic amines) is 1. The topological polar surface area (TPSA) is 37.4 Å². The molecule has 0 spiro atoms. The minimum absolute atomic E-state index is 0.0850. The van der Waals surface area contributed by atoms with Crippen LogP contribution < -0.4 is 0 Å². The van der Waals surface area contributed by atoms with E-state index in [4.69, 9.17) is 0 Å². The molecule has 17 heavy (non-hydrogen) atoms. The van der Waals surface area contributed by atoms with Crippen LogP contribution in [0.1, 0.15) is 25.8 Å². The number of amides is 2. The lowest BCUT2D eigenvalue weighted by atomic mass is 9.92. The maximum Gasteiger partial charge on any atom is 0.235 e.